The molecule has 6 N–H and O–H groups in total. The third-order valence-electron chi connectivity index (χ3n) is 11.5. The first-order chi connectivity index (χ1) is 37.1. The summed E-state index contributed by atoms with van der Waals surface area (Å²) < 4.78 is 62.4. The largest absolute Gasteiger partial charge is 0.481 e. The van der Waals surface area contributed by atoms with Crippen molar-refractivity contribution in [1.29, 1.82) is 0 Å². The molecule has 0 bridgehead atoms. The van der Waals surface area contributed by atoms with Gasteiger partial charge in [0.1, 0.15) is 30.7 Å². The zero-order chi connectivity index (χ0) is 56.0. The van der Waals surface area contributed by atoms with Crippen molar-refractivity contribution in [2.45, 2.75) is 172 Å². The number of ether oxygens (including phenoxy) is 4. The Balaban J connectivity index is 1.41. The summed E-state index contributed by atoms with van der Waals surface area (Å²) >= 11 is 0. The van der Waals surface area contributed by atoms with Crippen LogP contribution in [-0.4, -0.2) is 97.9 Å². The van der Waals surface area contributed by atoms with Crippen molar-refractivity contribution in [3.05, 3.63) is 144 Å². The second kappa shape index (κ2) is 39.5. The number of carbonyl (C=O) groups is 2. The van der Waals surface area contributed by atoms with Gasteiger partial charge >= 0.3 is 33.3 Å². The van der Waals surface area contributed by atoms with Crippen LogP contribution in [0.1, 0.15) is 136 Å². The third kappa shape index (κ3) is 31.3. The quantitative estimate of drug-likeness (QED) is 0.0134. The number of epoxide rings is 1. The number of phosphoric ester groups is 2. The van der Waals surface area contributed by atoms with E-state index in [4.69, 9.17) is 33.7 Å². The minimum atomic E-state index is -5.46. The van der Waals surface area contributed by atoms with Gasteiger partial charge in [-0.05, 0) is 102 Å². The van der Waals surface area contributed by atoms with Gasteiger partial charge in [0.2, 0.25) is 0 Å². The van der Waals surface area contributed by atoms with E-state index in [1.54, 1.807) is 0 Å². The predicted octanol–water partition coefficient (Wildman–Crippen LogP) is 10.5. The molecule has 4 unspecified atom stereocenters. The second-order valence-corrected chi connectivity index (χ2v) is 21.0. The first kappa shape index (κ1) is 66.4. The topological polar surface area (TPSA) is 278 Å². The number of hydrogen-bond donors (Lipinski definition) is 5. The molecule has 1 aromatic rings. The Morgan fingerprint density at radius 1 is 0.636 bits per heavy atom. The van der Waals surface area contributed by atoms with Gasteiger partial charge in [0.25, 0.3) is 0 Å². The number of nitrogen functional groups attached to an aromatic ring is 1. The van der Waals surface area contributed by atoms with Crippen LogP contribution in [0.2, 0.25) is 0 Å². The average molecular weight is 1120 g/mol. The molecule has 2 fully saturated rings. The molecule has 3 heterocycles. The van der Waals surface area contributed by atoms with E-state index in [0.29, 0.717) is 37.9 Å². The zero-order valence-electron chi connectivity index (χ0n) is 44.6. The molecule has 2 aliphatic rings. The lowest BCUT2D eigenvalue weighted by Gasteiger charge is -2.21. The molecule has 77 heavy (non-hydrogen) atoms. The number of aromatic nitrogens is 2. The maximum absolute atomic E-state index is 12.9. The van der Waals surface area contributed by atoms with Crippen LogP contribution in [0.15, 0.2) is 139 Å². The van der Waals surface area contributed by atoms with E-state index >= 15 is 0 Å². The van der Waals surface area contributed by atoms with Gasteiger partial charge in [0.15, 0.2) is 12.3 Å². The van der Waals surface area contributed by atoms with Gasteiger partial charge in [0.05, 0.1) is 25.4 Å². The fourth-order valence-corrected chi connectivity index (χ4v) is 9.40. The number of aliphatic hydroxyl groups is 2. The van der Waals surface area contributed by atoms with Crippen LogP contribution in [0, 0.1) is 0 Å². The lowest BCUT2D eigenvalue weighted by atomic mass is 10.1. The highest BCUT2D eigenvalue weighted by atomic mass is 31.3. The lowest BCUT2D eigenvalue weighted by molar-refractivity contribution is -0.161. The van der Waals surface area contributed by atoms with Gasteiger partial charge in [0, 0.05) is 19.0 Å². The van der Waals surface area contributed by atoms with E-state index in [2.05, 4.69) is 126 Å². The number of nitrogens with two attached hydrogens (primary N) is 1. The van der Waals surface area contributed by atoms with E-state index in [1.807, 2.05) is 18.2 Å². The number of rotatable bonds is 41. The summed E-state index contributed by atoms with van der Waals surface area (Å²) in [6, 6.07) is 1.24. The molecule has 19 nitrogen and oxygen atoms in total. The molecule has 3 rings (SSSR count). The Hall–Kier alpha value is -4.88. The first-order valence-corrected chi connectivity index (χ1v) is 29.7. The third-order valence-corrected chi connectivity index (χ3v) is 14.1. The predicted molar refractivity (Wildman–Crippen MR) is 297 cm³/mol. The Morgan fingerprint density at radius 2 is 1.14 bits per heavy atom. The van der Waals surface area contributed by atoms with Crippen LogP contribution >= 0.6 is 15.6 Å². The minimum Gasteiger partial charge on any atom is -0.462 e. The van der Waals surface area contributed by atoms with Crippen molar-refractivity contribution >= 4 is 33.4 Å². The van der Waals surface area contributed by atoms with Crippen molar-refractivity contribution in [2.75, 3.05) is 25.6 Å². The summed E-state index contributed by atoms with van der Waals surface area (Å²) in [5, 5.41) is 20.9. The number of unbranched alkanes of at least 4 members (excludes halogenated alkanes) is 3. The van der Waals surface area contributed by atoms with Gasteiger partial charge in [-0.3, -0.25) is 23.2 Å². The molecule has 0 aliphatic carbocycles. The van der Waals surface area contributed by atoms with Gasteiger partial charge in [-0.1, -0.05) is 142 Å². The molecule has 21 heteroatoms. The van der Waals surface area contributed by atoms with Crippen LogP contribution in [0.25, 0.3) is 0 Å². The van der Waals surface area contributed by atoms with Gasteiger partial charge in [-0.2, -0.15) is 9.29 Å². The summed E-state index contributed by atoms with van der Waals surface area (Å²) in [6.45, 7) is 1.81. The number of anilines is 1. The molecular formula is C56H83N3O16P2. The van der Waals surface area contributed by atoms with E-state index in [0.717, 1.165) is 87.8 Å². The second-order valence-electron chi connectivity index (χ2n) is 18.0. The highest BCUT2D eigenvalue weighted by molar-refractivity contribution is 7.61. The Bertz CT molecular complexity index is 2340. The van der Waals surface area contributed by atoms with Gasteiger partial charge in [-0.15, -0.1) is 0 Å². The van der Waals surface area contributed by atoms with Crippen molar-refractivity contribution in [3.63, 3.8) is 0 Å². The van der Waals surface area contributed by atoms with E-state index in [-0.39, 0.29) is 18.7 Å². The van der Waals surface area contributed by atoms with E-state index in [9.17, 15) is 43.5 Å². The molecule has 9 atom stereocenters. The zero-order valence-corrected chi connectivity index (χ0v) is 46.4. The number of hydrogen-bond acceptors (Lipinski definition) is 16. The highest BCUT2D eigenvalue weighted by Gasteiger charge is 2.46. The molecule has 0 radical (unpaired) electrons. The van der Waals surface area contributed by atoms with Crippen molar-refractivity contribution in [3.8, 4) is 0 Å². The number of esters is 2. The number of carbonyl (C=O) groups excluding carboxylic acids is 2. The molecule has 2 saturated heterocycles. The maximum atomic E-state index is 12.9. The van der Waals surface area contributed by atoms with Crippen molar-refractivity contribution in [2.24, 2.45) is 0 Å². The SMILES string of the molecule is CC/C=C\C/C=C\C/C=C\C/C=C\C/C=C\CCCCCC(=O)O[C@H](COC(=O)CC/C=C\C/C=C\C/C=C\C/C=C\CC1OC1C/C=C\CC)COP(=O)(O)OP(=O)(O)OC[C@H]1O[C@@H](n2ccc(N)nc2=O)[C@H](O)[C@@H]1O. The molecule has 2 aliphatic heterocycles. The molecular weight excluding hydrogens is 1030 g/mol. The standard InChI is InChI=1S/C56H83N3O16P2/c1-3-5-7-8-9-10-11-12-13-14-15-16-17-18-23-26-29-32-36-40-52(61)72-46(43-69-51(60)39-35-31-28-25-22-20-19-21-24-27-30-34-38-48-47(73-48)37-33-6-4-2)44-70-76(65,66)75-77(67,68)71-45-49-53(62)54(63)55(74-49)59-42-41-50(57)58-56(59)64/h5-7,9-10,12-13,15-16,18,20-24,28,30-31,33-34,41-42,46-49,53-55,62-63H,3-4,8,11,14,17,19,25-27,29,32,35-40,43-45H2,1-2H3,(H,65,66)(H,67,68)(H2,57,58,64)/b7-5-,10-9-,13-12-,16-15-,22-20-,23-18-,24-21-,31-28-,33-6-,34-30-/t46-,47?,48?,49-,53-,54-,55-/m1/s1. The molecule has 0 amide bonds. The summed E-state index contributed by atoms with van der Waals surface area (Å²) in [4.78, 5) is 62.0. The Kier molecular flexibility index (Phi) is 34.0. The molecule has 0 spiro atoms. The molecule has 0 saturated carbocycles. The van der Waals surface area contributed by atoms with E-state index < -0.39 is 83.7 Å². The van der Waals surface area contributed by atoms with Crippen molar-refractivity contribution in [1.82, 2.24) is 9.55 Å². The number of nitrogens with zero attached hydrogens (tertiary/aromatic N) is 2. The summed E-state index contributed by atoms with van der Waals surface area (Å²) in [6.07, 6.45) is 49.0. The first-order valence-electron chi connectivity index (χ1n) is 26.7. The fourth-order valence-electron chi connectivity index (χ4n) is 7.29. The summed E-state index contributed by atoms with van der Waals surface area (Å²) in [5.41, 5.74) is 4.58. The average Bonchev–Trinajstić information content (AvgIpc) is 4.09. The van der Waals surface area contributed by atoms with Crippen LogP contribution in [0.3, 0.4) is 0 Å². The molecule has 0 aromatic carbocycles. The molecule has 1 aromatic heterocycles. The monoisotopic (exact) mass is 1120 g/mol. The van der Waals surface area contributed by atoms with Crippen molar-refractivity contribution < 1.29 is 71.0 Å². The van der Waals surface area contributed by atoms with E-state index in [1.165, 1.54) is 6.07 Å². The summed E-state index contributed by atoms with van der Waals surface area (Å²) in [7, 11) is -10.9. The smallest absolute Gasteiger partial charge is 0.462 e. The van der Waals surface area contributed by atoms with Crippen LogP contribution in [0.4, 0.5) is 5.82 Å². The Labute approximate surface area is 454 Å². The van der Waals surface area contributed by atoms with Gasteiger partial charge < -0.3 is 44.7 Å². The number of aliphatic hydroxyl groups excluding tert-OH is 2. The van der Waals surface area contributed by atoms with Crippen LogP contribution < -0.4 is 11.4 Å². The van der Waals surface area contributed by atoms with Gasteiger partial charge in [-0.25, -0.2) is 13.9 Å². The minimum absolute atomic E-state index is 0.0151. The molecule has 428 valence electrons. The highest BCUT2D eigenvalue weighted by Crippen LogP contribution is 2.60. The number of phosphoric acid groups is 2. The fraction of sp³-hybridized carbons (Fsp3) is 0.536. The van der Waals surface area contributed by atoms with Crippen LogP contribution in [-0.2, 0) is 51.0 Å². The Morgan fingerprint density at radius 3 is 1.71 bits per heavy atom. The number of allylic oxidation sites excluding steroid dienone is 18. The summed E-state index contributed by atoms with van der Waals surface area (Å²) in [5.74, 6) is -1.46. The maximum Gasteiger partial charge on any atom is 0.481 e. The van der Waals surface area contributed by atoms with Crippen LogP contribution in [0.5, 0.6) is 0 Å². The normalized spacial score (nSPS) is 22.2. The lowest BCUT2D eigenvalue weighted by Crippen LogP contribution is -2.36.